The largest absolute Gasteiger partial charge is 0.493 e. The predicted molar refractivity (Wildman–Crippen MR) is 74.9 cm³/mol. The molecule has 0 radical (unpaired) electrons. The van der Waals surface area contributed by atoms with Gasteiger partial charge in [0.15, 0.2) is 0 Å². The van der Waals surface area contributed by atoms with Crippen molar-refractivity contribution in [3.8, 4) is 5.75 Å². The average Bonchev–Trinajstić information content (AvgIpc) is 2.35. The standard InChI is InChI=1S/C15H24FNO2/c1-4-8-17-12(3)14-6-5-13(10-15(14)16)19-9-7-11(2)18/h5-6,10-12,17-18H,4,7-9H2,1-3H3. The lowest BCUT2D eigenvalue weighted by molar-refractivity contribution is 0.155. The second-order valence-corrected chi connectivity index (χ2v) is 4.85. The fourth-order valence-electron chi connectivity index (χ4n) is 1.77. The van der Waals surface area contributed by atoms with Gasteiger partial charge in [-0.05, 0) is 32.9 Å². The first-order chi connectivity index (χ1) is 9.04. The Kier molecular flexibility index (Phi) is 6.81. The lowest BCUT2D eigenvalue weighted by atomic mass is 10.1. The van der Waals surface area contributed by atoms with E-state index in [0.717, 1.165) is 13.0 Å². The van der Waals surface area contributed by atoms with Crippen molar-refractivity contribution in [2.45, 2.75) is 45.8 Å². The van der Waals surface area contributed by atoms with Gasteiger partial charge in [0.25, 0.3) is 0 Å². The number of hydrogen-bond acceptors (Lipinski definition) is 3. The zero-order valence-electron chi connectivity index (χ0n) is 11.9. The summed E-state index contributed by atoms with van der Waals surface area (Å²) in [6, 6.07) is 4.92. The van der Waals surface area contributed by atoms with Crippen LogP contribution in [-0.4, -0.2) is 24.4 Å². The van der Waals surface area contributed by atoms with E-state index in [2.05, 4.69) is 12.2 Å². The molecule has 4 heteroatoms. The molecular formula is C15H24FNO2. The molecule has 1 aromatic carbocycles. The van der Waals surface area contributed by atoms with Crippen molar-refractivity contribution in [3.05, 3.63) is 29.6 Å². The molecule has 1 rings (SSSR count). The van der Waals surface area contributed by atoms with E-state index in [9.17, 15) is 4.39 Å². The summed E-state index contributed by atoms with van der Waals surface area (Å²) in [7, 11) is 0. The van der Waals surface area contributed by atoms with Gasteiger partial charge in [-0.25, -0.2) is 4.39 Å². The first-order valence-electron chi connectivity index (χ1n) is 6.88. The summed E-state index contributed by atoms with van der Waals surface area (Å²) < 4.78 is 19.3. The zero-order chi connectivity index (χ0) is 14.3. The van der Waals surface area contributed by atoms with Crippen LogP contribution in [0.25, 0.3) is 0 Å². The highest BCUT2D eigenvalue weighted by Crippen LogP contribution is 2.22. The van der Waals surface area contributed by atoms with E-state index in [4.69, 9.17) is 9.84 Å². The van der Waals surface area contributed by atoms with Crippen LogP contribution < -0.4 is 10.1 Å². The van der Waals surface area contributed by atoms with Gasteiger partial charge in [0.2, 0.25) is 0 Å². The van der Waals surface area contributed by atoms with E-state index >= 15 is 0 Å². The van der Waals surface area contributed by atoms with Crippen LogP contribution in [0.2, 0.25) is 0 Å². The highest BCUT2D eigenvalue weighted by Gasteiger charge is 2.11. The summed E-state index contributed by atoms with van der Waals surface area (Å²) in [6.07, 6.45) is 1.16. The fourth-order valence-corrected chi connectivity index (χ4v) is 1.77. The number of aliphatic hydroxyl groups excluding tert-OH is 1. The van der Waals surface area contributed by atoms with Crippen LogP contribution in [0.1, 0.15) is 45.2 Å². The van der Waals surface area contributed by atoms with Crippen LogP contribution in [0, 0.1) is 5.82 Å². The van der Waals surface area contributed by atoms with Crippen molar-refractivity contribution in [3.63, 3.8) is 0 Å². The maximum Gasteiger partial charge on any atom is 0.131 e. The van der Waals surface area contributed by atoms with E-state index in [-0.39, 0.29) is 11.9 Å². The van der Waals surface area contributed by atoms with Gasteiger partial charge in [-0.15, -0.1) is 0 Å². The molecule has 0 saturated carbocycles. The monoisotopic (exact) mass is 269 g/mol. The third-order valence-corrected chi connectivity index (χ3v) is 2.94. The predicted octanol–water partition coefficient (Wildman–Crippen LogP) is 3.04. The Morgan fingerprint density at radius 2 is 2.11 bits per heavy atom. The Morgan fingerprint density at radius 1 is 1.37 bits per heavy atom. The molecule has 3 nitrogen and oxygen atoms in total. The quantitative estimate of drug-likeness (QED) is 0.762. The summed E-state index contributed by atoms with van der Waals surface area (Å²) in [5.41, 5.74) is 0.649. The number of aliphatic hydroxyl groups is 1. The Bertz CT molecular complexity index is 382. The molecule has 2 atom stereocenters. The number of benzene rings is 1. The first kappa shape index (κ1) is 15.9. The molecular weight excluding hydrogens is 245 g/mol. The number of nitrogens with one attached hydrogen (secondary N) is 1. The Hall–Kier alpha value is -1.13. The van der Waals surface area contributed by atoms with Gasteiger partial charge in [-0.3, -0.25) is 0 Å². The highest BCUT2D eigenvalue weighted by atomic mass is 19.1. The molecule has 0 spiro atoms. The van der Waals surface area contributed by atoms with Gasteiger partial charge >= 0.3 is 0 Å². The first-order valence-corrected chi connectivity index (χ1v) is 6.88. The summed E-state index contributed by atoms with van der Waals surface area (Å²) in [5, 5.41) is 12.4. The number of halogens is 1. The van der Waals surface area contributed by atoms with E-state index < -0.39 is 6.10 Å². The normalized spacial score (nSPS) is 14.2. The summed E-state index contributed by atoms with van der Waals surface area (Å²) in [6.45, 7) is 6.98. The van der Waals surface area contributed by atoms with Crippen LogP contribution in [0.5, 0.6) is 5.75 Å². The molecule has 2 unspecified atom stereocenters. The topological polar surface area (TPSA) is 41.5 Å². The Balaban J connectivity index is 2.58. The zero-order valence-corrected chi connectivity index (χ0v) is 11.9. The highest BCUT2D eigenvalue weighted by molar-refractivity contribution is 5.30. The molecule has 0 bridgehead atoms. The summed E-state index contributed by atoms with van der Waals surface area (Å²) in [4.78, 5) is 0. The van der Waals surface area contributed by atoms with E-state index in [0.29, 0.717) is 24.3 Å². The van der Waals surface area contributed by atoms with E-state index in [1.54, 1.807) is 19.1 Å². The van der Waals surface area contributed by atoms with Crippen LogP contribution in [0.4, 0.5) is 4.39 Å². The van der Waals surface area contributed by atoms with Crippen molar-refractivity contribution in [1.29, 1.82) is 0 Å². The maximum absolute atomic E-state index is 13.9. The van der Waals surface area contributed by atoms with Crippen LogP contribution in [0.15, 0.2) is 18.2 Å². The van der Waals surface area contributed by atoms with Crippen molar-refractivity contribution >= 4 is 0 Å². The third-order valence-electron chi connectivity index (χ3n) is 2.94. The molecule has 0 aliphatic heterocycles. The molecule has 0 aliphatic rings. The fraction of sp³-hybridized carbons (Fsp3) is 0.600. The van der Waals surface area contributed by atoms with Crippen molar-refractivity contribution in [2.75, 3.05) is 13.2 Å². The molecule has 0 fully saturated rings. The molecule has 0 aliphatic carbocycles. The number of rotatable bonds is 8. The molecule has 19 heavy (non-hydrogen) atoms. The number of hydrogen-bond donors (Lipinski definition) is 2. The molecule has 0 heterocycles. The molecule has 0 amide bonds. The SMILES string of the molecule is CCCNC(C)c1ccc(OCCC(C)O)cc1F. The number of ether oxygens (including phenoxy) is 1. The Morgan fingerprint density at radius 3 is 2.68 bits per heavy atom. The second kappa shape index (κ2) is 8.12. The van der Waals surface area contributed by atoms with Gasteiger partial charge < -0.3 is 15.2 Å². The van der Waals surface area contributed by atoms with E-state index in [1.807, 2.05) is 6.92 Å². The van der Waals surface area contributed by atoms with Gasteiger partial charge in [0, 0.05) is 24.1 Å². The summed E-state index contributed by atoms with van der Waals surface area (Å²) in [5.74, 6) is 0.246. The molecule has 0 saturated heterocycles. The molecule has 1 aromatic rings. The smallest absolute Gasteiger partial charge is 0.131 e. The average molecular weight is 269 g/mol. The minimum absolute atomic E-state index is 0.00790. The van der Waals surface area contributed by atoms with Crippen LogP contribution in [-0.2, 0) is 0 Å². The van der Waals surface area contributed by atoms with Crippen molar-refractivity contribution in [1.82, 2.24) is 5.32 Å². The summed E-state index contributed by atoms with van der Waals surface area (Å²) >= 11 is 0. The lowest BCUT2D eigenvalue weighted by Crippen LogP contribution is -2.20. The third kappa shape index (κ3) is 5.57. The van der Waals surface area contributed by atoms with Gasteiger partial charge in [0.1, 0.15) is 11.6 Å². The van der Waals surface area contributed by atoms with Crippen LogP contribution in [0.3, 0.4) is 0 Å². The molecule has 0 aromatic heterocycles. The van der Waals surface area contributed by atoms with E-state index in [1.165, 1.54) is 6.07 Å². The van der Waals surface area contributed by atoms with Gasteiger partial charge in [-0.1, -0.05) is 13.0 Å². The Labute approximate surface area is 114 Å². The molecule has 108 valence electrons. The van der Waals surface area contributed by atoms with Crippen LogP contribution >= 0.6 is 0 Å². The maximum atomic E-state index is 13.9. The second-order valence-electron chi connectivity index (χ2n) is 4.85. The van der Waals surface area contributed by atoms with Gasteiger partial charge in [-0.2, -0.15) is 0 Å². The lowest BCUT2D eigenvalue weighted by Gasteiger charge is -2.15. The van der Waals surface area contributed by atoms with Crippen molar-refractivity contribution < 1.29 is 14.2 Å². The minimum atomic E-state index is -0.401. The minimum Gasteiger partial charge on any atom is -0.493 e. The molecule has 2 N–H and O–H groups in total. The van der Waals surface area contributed by atoms with Crippen molar-refractivity contribution in [2.24, 2.45) is 0 Å². The van der Waals surface area contributed by atoms with Gasteiger partial charge in [0.05, 0.1) is 12.7 Å².